The number of nitrogens with one attached hydrogen (secondary N) is 1. The Morgan fingerprint density at radius 2 is 1.67 bits per heavy atom. The largest absolute Gasteiger partial charge is 0.497 e. The lowest BCUT2D eigenvalue weighted by Crippen LogP contribution is -2.29. The highest BCUT2D eigenvalue weighted by atomic mass is 16.5. The van der Waals surface area contributed by atoms with Gasteiger partial charge in [0.2, 0.25) is 0 Å². The molecule has 1 aliphatic rings. The molecule has 0 radical (unpaired) electrons. The second-order valence-corrected chi connectivity index (χ2v) is 6.13. The molecule has 4 nitrogen and oxygen atoms in total. The van der Waals surface area contributed by atoms with Gasteiger partial charge in [0.15, 0.2) is 0 Å². The van der Waals surface area contributed by atoms with Gasteiger partial charge >= 0.3 is 0 Å². The first-order chi connectivity index (χ1) is 11.8. The van der Waals surface area contributed by atoms with E-state index in [9.17, 15) is 4.79 Å². The van der Waals surface area contributed by atoms with Crippen LogP contribution in [-0.4, -0.2) is 26.1 Å². The van der Waals surface area contributed by atoms with Crippen LogP contribution >= 0.6 is 0 Å². The molecule has 2 aromatic carbocycles. The smallest absolute Gasteiger partial charge is 0.251 e. The van der Waals surface area contributed by atoms with Crippen LogP contribution in [0.3, 0.4) is 0 Å². The minimum Gasteiger partial charge on any atom is -0.497 e. The van der Waals surface area contributed by atoms with E-state index >= 15 is 0 Å². The predicted molar refractivity (Wildman–Crippen MR) is 96.7 cm³/mol. The van der Waals surface area contributed by atoms with Crippen molar-refractivity contribution in [2.24, 2.45) is 0 Å². The van der Waals surface area contributed by atoms with Crippen molar-refractivity contribution in [1.82, 2.24) is 5.32 Å². The SMILES string of the molecule is COc1ccc(C(=O)NCc2ccc(N3CCCCC3)cc2)cc1. The number of rotatable bonds is 5. The Morgan fingerprint density at radius 1 is 1.00 bits per heavy atom. The molecule has 0 atom stereocenters. The molecule has 1 fully saturated rings. The van der Waals surface area contributed by atoms with Crippen molar-refractivity contribution in [3.05, 3.63) is 59.7 Å². The summed E-state index contributed by atoms with van der Waals surface area (Å²) in [4.78, 5) is 14.6. The summed E-state index contributed by atoms with van der Waals surface area (Å²) in [5.41, 5.74) is 3.03. The highest BCUT2D eigenvalue weighted by molar-refractivity contribution is 5.94. The fourth-order valence-electron chi connectivity index (χ4n) is 3.00. The Labute approximate surface area is 143 Å². The maximum Gasteiger partial charge on any atom is 0.251 e. The summed E-state index contributed by atoms with van der Waals surface area (Å²) in [6, 6.07) is 15.6. The zero-order valence-corrected chi connectivity index (χ0v) is 14.1. The number of anilines is 1. The number of hydrogen-bond donors (Lipinski definition) is 1. The van der Waals surface area contributed by atoms with Crippen molar-refractivity contribution in [2.75, 3.05) is 25.1 Å². The van der Waals surface area contributed by atoms with E-state index in [-0.39, 0.29) is 5.91 Å². The summed E-state index contributed by atoms with van der Waals surface area (Å²) in [7, 11) is 1.61. The molecule has 0 bridgehead atoms. The van der Waals surface area contributed by atoms with E-state index in [4.69, 9.17) is 4.74 Å². The summed E-state index contributed by atoms with van der Waals surface area (Å²) in [6.45, 7) is 2.83. The van der Waals surface area contributed by atoms with Crippen LogP contribution in [0, 0.1) is 0 Å². The molecule has 0 spiro atoms. The van der Waals surface area contributed by atoms with Crippen LogP contribution in [0.5, 0.6) is 5.75 Å². The molecule has 1 heterocycles. The van der Waals surface area contributed by atoms with Crippen molar-refractivity contribution in [3.63, 3.8) is 0 Å². The van der Waals surface area contributed by atoms with Crippen molar-refractivity contribution in [2.45, 2.75) is 25.8 Å². The molecule has 0 aliphatic carbocycles. The second-order valence-electron chi connectivity index (χ2n) is 6.13. The monoisotopic (exact) mass is 324 g/mol. The number of carbonyl (C=O) groups excluding carboxylic acids is 1. The molecule has 1 saturated heterocycles. The van der Waals surface area contributed by atoms with Crippen LogP contribution in [0.1, 0.15) is 35.2 Å². The zero-order chi connectivity index (χ0) is 16.8. The van der Waals surface area contributed by atoms with Crippen molar-refractivity contribution < 1.29 is 9.53 Å². The third-order valence-corrected chi connectivity index (χ3v) is 4.46. The maximum absolute atomic E-state index is 12.2. The minimum absolute atomic E-state index is 0.0715. The van der Waals surface area contributed by atoms with Crippen LogP contribution in [0.25, 0.3) is 0 Å². The van der Waals surface area contributed by atoms with Gasteiger partial charge in [0.1, 0.15) is 5.75 Å². The van der Waals surface area contributed by atoms with Crippen LogP contribution in [0.4, 0.5) is 5.69 Å². The molecule has 24 heavy (non-hydrogen) atoms. The van der Waals surface area contributed by atoms with Gasteiger partial charge in [-0.3, -0.25) is 4.79 Å². The number of amides is 1. The first-order valence-electron chi connectivity index (χ1n) is 8.52. The summed E-state index contributed by atoms with van der Waals surface area (Å²) < 4.78 is 5.10. The van der Waals surface area contributed by atoms with Crippen molar-refractivity contribution in [3.8, 4) is 5.75 Å². The van der Waals surface area contributed by atoms with E-state index in [0.717, 1.165) is 24.4 Å². The first-order valence-corrected chi connectivity index (χ1v) is 8.52. The van der Waals surface area contributed by atoms with Gasteiger partial charge in [0.25, 0.3) is 5.91 Å². The van der Waals surface area contributed by atoms with Crippen molar-refractivity contribution in [1.29, 1.82) is 0 Å². The van der Waals surface area contributed by atoms with E-state index in [1.165, 1.54) is 24.9 Å². The lowest BCUT2D eigenvalue weighted by Gasteiger charge is -2.28. The third-order valence-electron chi connectivity index (χ3n) is 4.46. The molecule has 4 heteroatoms. The number of carbonyl (C=O) groups is 1. The van der Waals surface area contributed by atoms with E-state index in [0.29, 0.717) is 12.1 Å². The lowest BCUT2D eigenvalue weighted by atomic mass is 10.1. The maximum atomic E-state index is 12.2. The van der Waals surface area contributed by atoms with Gasteiger partial charge in [-0.15, -0.1) is 0 Å². The van der Waals surface area contributed by atoms with E-state index in [2.05, 4.69) is 34.5 Å². The van der Waals surface area contributed by atoms with Crippen LogP contribution < -0.4 is 15.0 Å². The van der Waals surface area contributed by atoms with Gasteiger partial charge in [-0.05, 0) is 61.2 Å². The molecule has 0 aromatic heterocycles. The standard InChI is InChI=1S/C20H24N2O2/c1-24-19-11-7-17(8-12-19)20(23)21-15-16-5-9-18(10-6-16)22-13-3-2-4-14-22/h5-12H,2-4,13-15H2,1H3,(H,21,23). The third kappa shape index (κ3) is 4.07. The summed E-state index contributed by atoms with van der Waals surface area (Å²) in [5, 5.41) is 2.96. The number of hydrogen-bond acceptors (Lipinski definition) is 3. The average Bonchev–Trinajstić information content (AvgIpc) is 2.67. The molecular formula is C20H24N2O2. The topological polar surface area (TPSA) is 41.6 Å². The van der Waals surface area contributed by atoms with E-state index in [1.807, 2.05) is 0 Å². The summed E-state index contributed by atoms with van der Waals surface area (Å²) in [6.07, 6.45) is 3.89. The number of benzene rings is 2. The fraction of sp³-hybridized carbons (Fsp3) is 0.350. The van der Waals surface area contributed by atoms with Gasteiger partial charge in [0, 0.05) is 30.9 Å². The number of methoxy groups -OCH3 is 1. The van der Waals surface area contributed by atoms with Crippen LogP contribution in [0.15, 0.2) is 48.5 Å². The highest BCUT2D eigenvalue weighted by Gasteiger charge is 2.11. The average molecular weight is 324 g/mol. The summed E-state index contributed by atoms with van der Waals surface area (Å²) in [5.74, 6) is 0.678. The first kappa shape index (κ1) is 16.4. The van der Waals surface area contributed by atoms with Crippen molar-refractivity contribution >= 4 is 11.6 Å². The summed E-state index contributed by atoms with van der Waals surface area (Å²) >= 11 is 0. The predicted octanol–water partition coefficient (Wildman–Crippen LogP) is 3.62. The van der Waals surface area contributed by atoms with E-state index in [1.54, 1.807) is 31.4 Å². The highest BCUT2D eigenvalue weighted by Crippen LogP contribution is 2.20. The number of ether oxygens (including phenoxy) is 1. The fourth-order valence-corrected chi connectivity index (χ4v) is 3.00. The number of nitrogens with zero attached hydrogens (tertiary/aromatic N) is 1. The molecule has 1 aliphatic heterocycles. The van der Waals surface area contributed by atoms with Crippen LogP contribution in [0.2, 0.25) is 0 Å². The second kappa shape index (κ2) is 7.86. The molecule has 1 N–H and O–H groups in total. The van der Waals surface area contributed by atoms with Gasteiger partial charge in [-0.1, -0.05) is 12.1 Å². The Hall–Kier alpha value is -2.49. The Bertz CT molecular complexity index is 659. The number of piperidine rings is 1. The molecule has 2 aromatic rings. The molecule has 3 rings (SSSR count). The normalized spacial score (nSPS) is 14.3. The van der Waals surface area contributed by atoms with Gasteiger partial charge < -0.3 is 15.0 Å². The molecule has 0 saturated carbocycles. The molecular weight excluding hydrogens is 300 g/mol. The molecule has 0 unspecified atom stereocenters. The van der Waals surface area contributed by atoms with Crippen LogP contribution in [-0.2, 0) is 6.54 Å². The van der Waals surface area contributed by atoms with Gasteiger partial charge in [-0.25, -0.2) is 0 Å². The van der Waals surface area contributed by atoms with E-state index < -0.39 is 0 Å². The minimum atomic E-state index is -0.0715. The lowest BCUT2D eigenvalue weighted by molar-refractivity contribution is 0.0951. The van der Waals surface area contributed by atoms with Gasteiger partial charge in [0.05, 0.1) is 7.11 Å². The Morgan fingerprint density at radius 3 is 2.29 bits per heavy atom. The molecule has 1 amide bonds. The zero-order valence-electron chi connectivity index (χ0n) is 14.1. The Kier molecular flexibility index (Phi) is 5.36. The van der Waals surface area contributed by atoms with Gasteiger partial charge in [-0.2, -0.15) is 0 Å². The Balaban J connectivity index is 1.54. The quantitative estimate of drug-likeness (QED) is 0.913. The molecule has 126 valence electrons.